The first-order valence-electron chi connectivity index (χ1n) is 8.54. The van der Waals surface area contributed by atoms with Crippen LogP contribution in [0.2, 0.25) is 0 Å². The maximum Gasteiger partial charge on any atom is 0.278 e. The molecule has 8 heteroatoms. The molecule has 4 heterocycles. The maximum absolute atomic E-state index is 13.0. The molecule has 0 atom stereocenters. The van der Waals surface area contributed by atoms with Gasteiger partial charge in [0, 0.05) is 12.7 Å². The predicted octanol–water partition coefficient (Wildman–Crippen LogP) is 1.11. The number of amides is 1. The molecule has 0 unspecified atom stereocenters. The standard InChI is InChI=1S/C19H17N5O3/c1-2-21-18(25)13-10-14-17(22-15-7-3-4-8-23(15)19(14)26)24(16(13)20)11-12-6-5-9-27-12/h3-10,20H,2,11H2,1H3,(H,21,25)/p+1. The molecule has 0 spiro atoms. The molecule has 4 rings (SSSR count). The predicted molar refractivity (Wildman–Crippen MR) is 99.4 cm³/mol. The largest absolute Gasteiger partial charge is 0.466 e. The van der Waals surface area contributed by atoms with Crippen LogP contribution in [0.4, 0.5) is 5.82 Å². The summed E-state index contributed by atoms with van der Waals surface area (Å²) in [5.74, 6) is 0.510. The van der Waals surface area contributed by atoms with Crippen molar-refractivity contribution < 1.29 is 13.8 Å². The highest BCUT2D eigenvalue weighted by Crippen LogP contribution is 2.15. The molecule has 0 aliphatic heterocycles. The van der Waals surface area contributed by atoms with Crippen LogP contribution in [0, 0.1) is 0 Å². The average molecular weight is 364 g/mol. The second-order valence-corrected chi connectivity index (χ2v) is 6.05. The lowest BCUT2D eigenvalue weighted by Crippen LogP contribution is -2.43. The molecule has 3 N–H and O–H groups in total. The monoisotopic (exact) mass is 364 g/mol. The number of hydrogen-bond acceptors (Lipinski definition) is 5. The molecule has 4 aromatic heterocycles. The number of nitrogens with zero attached hydrogens (tertiary/aromatic N) is 3. The molecular weight excluding hydrogens is 346 g/mol. The summed E-state index contributed by atoms with van der Waals surface area (Å²) in [5, 5.41) is 3.03. The Balaban J connectivity index is 2.08. The summed E-state index contributed by atoms with van der Waals surface area (Å²) in [7, 11) is 0. The minimum Gasteiger partial charge on any atom is -0.466 e. The molecule has 4 aromatic rings. The number of nitrogen functional groups attached to an aromatic ring is 1. The Morgan fingerprint density at radius 1 is 1.33 bits per heavy atom. The number of nitrogens with two attached hydrogens (primary N) is 1. The zero-order chi connectivity index (χ0) is 19.0. The van der Waals surface area contributed by atoms with Gasteiger partial charge in [0.2, 0.25) is 11.5 Å². The van der Waals surface area contributed by atoms with E-state index in [4.69, 9.17) is 10.2 Å². The highest BCUT2D eigenvalue weighted by Gasteiger charge is 2.24. The smallest absolute Gasteiger partial charge is 0.278 e. The fraction of sp³-hybridized carbons (Fsp3) is 0.158. The van der Waals surface area contributed by atoms with Gasteiger partial charge >= 0.3 is 0 Å². The first-order chi connectivity index (χ1) is 13.1. The molecule has 0 fully saturated rings. The van der Waals surface area contributed by atoms with Gasteiger partial charge in [0.25, 0.3) is 17.1 Å². The number of rotatable bonds is 4. The van der Waals surface area contributed by atoms with E-state index in [2.05, 4.69) is 10.3 Å². The molecule has 0 aromatic carbocycles. The zero-order valence-corrected chi connectivity index (χ0v) is 14.7. The average Bonchev–Trinajstić information content (AvgIpc) is 3.18. The van der Waals surface area contributed by atoms with Gasteiger partial charge < -0.3 is 15.5 Å². The van der Waals surface area contributed by atoms with Crippen LogP contribution < -0.4 is 21.2 Å². The minimum atomic E-state index is -0.345. The Hall–Kier alpha value is -3.68. The SMILES string of the molecule is CCNC(=O)c1cc2c(=O)n3ccccc3nc2[n+](Cc2ccco2)c1N. The van der Waals surface area contributed by atoms with Crippen molar-refractivity contribution in [3.05, 3.63) is 70.5 Å². The Labute approximate surface area is 153 Å². The number of anilines is 1. The highest BCUT2D eigenvalue weighted by atomic mass is 16.3. The van der Waals surface area contributed by atoms with Crippen LogP contribution >= 0.6 is 0 Å². The van der Waals surface area contributed by atoms with Crippen molar-refractivity contribution in [3.63, 3.8) is 0 Å². The lowest BCUT2D eigenvalue weighted by molar-refractivity contribution is -0.651. The van der Waals surface area contributed by atoms with E-state index in [0.29, 0.717) is 29.0 Å². The number of carbonyl (C=O) groups excluding carboxylic acids is 1. The van der Waals surface area contributed by atoms with Crippen LogP contribution in [0.5, 0.6) is 0 Å². The number of furan rings is 1. The molecule has 1 amide bonds. The lowest BCUT2D eigenvalue weighted by atomic mass is 10.1. The lowest BCUT2D eigenvalue weighted by Gasteiger charge is -2.11. The normalized spacial score (nSPS) is 11.1. The summed E-state index contributed by atoms with van der Waals surface area (Å²) >= 11 is 0. The van der Waals surface area contributed by atoms with E-state index in [1.54, 1.807) is 47.4 Å². The molecule has 0 radical (unpaired) electrons. The van der Waals surface area contributed by atoms with E-state index in [1.165, 1.54) is 10.5 Å². The molecule has 0 bridgehead atoms. The Morgan fingerprint density at radius 2 is 2.19 bits per heavy atom. The number of pyridine rings is 2. The van der Waals surface area contributed by atoms with Gasteiger partial charge in [-0.15, -0.1) is 0 Å². The number of hydrogen-bond donors (Lipinski definition) is 2. The summed E-state index contributed by atoms with van der Waals surface area (Å²) in [6, 6.07) is 10.4. The summed E-state index contributed by atoms with van der Waals surface area (Å²) in [5.41, 5.74) is 7.15. The number of carbonyl (C=O) groups is 1. The van der Waals surface area contributed by atoms with Gasteiger partial charge in [-0.25, -0.2) is 4.57 Å². The van der Waals surface area contributed by atoms with Crippen molar-refractivity contribution in [2.75, 3.05) is 12.3 Å². The van der Waals surface area contributed by atoms with Crippen LogP contribution in [0.15, 0.2) is 58.1 Å². The third-order valence-corrected chi connectivity index (χ3v) is 4.34. The van der Waals surface area contributed by atoms with Gasteiger partial charge in [-0.1, -0.05) is 11.1 Å². The molecule has 0 saturated heterocycles. The number of fused-ring (bicyclic) bond motifs is 2. The summed E-state index contributed by atoms with van der Waals surface area (Å²) in [6.07, 6.45) is 3.20. The summed E-state index contributed by atoms with van der Waals surface area (Å²) in [4.78, 5) is 30.1. The molecule has 136 valence electrons. The molecular formula is C19H18N5O3+. The molecule has 27 heavy (non-hydrogen) atoms. The Bertz CT molecular complexity index is 1210. The van der Waals surface area contributed by atoms with Crippen LogP contribution in [-0.4, -0.2) is 21.8 Å². The minimum absolute atomic E-state index is 0.219. The van der Waals surface area contributed by atoms with Gasteiger partial charge in [-0.2, -0.15) is 0 Å². The second kappa shape index (κ2) is 6.56. The van der Waals surface area contributed by atoms with Crippen molar-refractivity contribution in [3.8, 4) is 0 Å². The molecule has 8 nitrogen and oxygen atoms in total. The van der Waals surface area contributed by atoms with Crippen LogP contribution in [0.25, 0.3) is 16.7 Å². The number of aromatic nitrogens is 3. The van der Waals surface area contributed by atoms with E-state index in [-0.39, 0.29) is 29.4 Å². The van der Waals surface area contributed by atoms with Crippen LogP contribution in [0.3, 0.4) is 0 Å². The van der Waals surface area contributed by atoms with Gasteiger partial charge in [-0.05, 0) is 37.3 Å². The van der Waals surface area contributed by atoms with Crippen LogP contribution in [0.1, 0.15) is 23.0 Å². The molecule has 0 aliphatic rings. The van der Waals surface area contributed by atoms with Crippen LogP contribution in [-0.2, 0) is 6.54 Å². The molecule has 0 aliphatic carbocycles. The fourth-order valence-electron chi connectivity index (χ4n) is 3.06. The first-order valence-corrected chi connectivity index (χ1v) is 8.54. The first kappa shape index (κ1) is 16.8. The Morgan fingerprint density at radius 3 is 2.93 bits per heavy atom. The fourth-order valence-corrected chi connectivity index (χ4v) is 3.06. The van der Waals surface area contributed by atoms with E-state index in [1.807, 2.05) is 6.92 Å². The van der Waals surface area contributed by atoms with E-state index >= 15 is 0 Å². The van der Waals surface area contributed by atoms with Crippen molar-refractivity contribution in [2.45, 2.75) is 13.5 Å². The third kappa shape index (κ3) is 2.80. The Kier molecular flexibility index (Phi) is 4.08. The van der Waals surface area contributed by atoms with Gasteiger partial charge in [0.05, 0.1) is 6.26 Å². The topological polar surface area (TPSA) is 107 Å². The van der Waals surface area contributed by atoms with E-state index in [0.717, 1.165) is 0 Å². The van der Waals surface area contributed by atoms with Gasteiger partial charge in [0.15, 0.2) is 0 Å². The number of nitrogens with one attached hydrogen (secondary N) is 1. The highest BCUT2D eigenvalue weighted by molar-refractivity contribution is 6.00. The van der Waals surface area contributed by atoms with Crippen molar-refractivity contribution in [1.29, 1.82) is 0 Å². The molecule has 0 saturated carbocycles. The second-order valence-electron chi connectivity index (χ2n) is 6.05. The van der Waals surface area contributed by atoms with Crippen molar-refractivity contribution in [1.82, 2.24) is 14.7 Å². The summed E-state index contributed by atoms with van der Waals surface area (Å²) in [6.45, 7) is 2.51. The van der Waals surface area contributed by atoms with Crippen molar-refractivity contribution >= 4 is 28.4 Å². The van der Waals surface area contributed by atoms with Gasteiger partial charge in [-0.3, -0.25) is 14.0 Å². The maximum atomic E-state index is 13.0. The van der Waals surface area contributed by atoms with E-state index in [9.17, 15) is 9.59 Å². The van der Waals surface area contributed by atoms with Crippen molar-refractivity contribution in [2.24, 2.45) is 0 Å². The summed E-state index contributed by atoms with van der Waals surface area (Å²) < 4.78 is 8.49. The van der Waals surface area contributed by atoms with Gasteiger partial charge in [0.1, 0.15) is 23.3 Å². The van der Waals surface area contributed by atoms with E-state index < -0.39 is 0 Å². The quantitative estimate of drug-likeness (QED) is 0.417. The zero-order valence-electron chi connectivity index (χ0n) is 14.7. The third-order valence-electron chi connectivity index (χ3n) is 4.34.